The number of carboxylic acids is 1. The van der Waals surface area contributed by atoms with Crippen LogP contribution in [0.25, 0.3) is 0 Å². The number of carboxylic acid groups (broad SMARTS) is 1. The van der Waals surface area contributed by atoms with Gasteiger partial charge in [-0.2, -0.15) is 0 Å². The Kier molecular flexibility index (Phi) is 3.58. The van der Waals surface area contributed by atoms with Crippen LogP contribution in [0.15, 0.2) is 18.2 Å². The monoisotopic (exact) mass is 240 g/mol. The highest BCUT2D eigenvalue weighted by atomic mass is 19.1. The Hall–Kier alpha value is -1.62. The standard InChI is InChI=1S/C12H13FO4/c13-9-2-1-3-10(11(9)12(14)15)17-7-8-4-5-16-6-8/h1-3,8H,4-7H2,(H,14,15). The molecule has 2 rings (SSSR count). The molecule has 0 amide bonds. The minimum atomic E-state index is -1.32. The molecule has 92 valence electrons. The number of benzene rings is 1. The van der Waals surface area contributed by atoms with Crippen LogP contribution in [0.2, 0.25) is 0 Å². The number of ether oxygens (including phenoxy) is 2. The van der Waals surface area contributed by atoms with Gasteiger partial charge in [0, 0.05) is 12.5 Å². The van der Waals surface area contributed by atoms with Crippen molar-refractivity contribution in [2.75, 3.05) is 19.8 Å². The van der Waals surface area contributed by atoms with E-state index in [0.29, 0.717) is 19.8 Å². The van der Waals surface area contributed by atoms with E-state index in [2.05, 4.69) is 0 Å². The van der Waals surface area contributed by atoms with Crippen molar-refractivity contribution in [2.24, 2.45) is 5.92 Å². The summed E-state index contributed by atoms with van der Waals surface area (Å²) in [5, 5.41) is 8.89. The molecule has 17 heavy (non-hydrogen) atoms. The fourth-order valence-corrected chi connectivity index (χ4v) is 1.75. The number of halogens is 1. The Balaban J connectivity index is 2.09. The molecule has 0 radical (unpaired) electrons. The predicted octanol–water partition coefficient (Wildman–Crippen LogP) is 1.94. The zero-order valence-electron chi connectivity index (χ0n) is 9.19. The molecule has 5 heteroatoms. The molecule has 1 fully saturated rings. The van der Waals surface area contributed by atoms with Crippen molar-refractivity contribution in [3.8, 4) is 5.75 Å². The first-order chi connectivity index (χ1) is 8.18. The Bertz CT molecular complexity index is 413. The van der Waals surface area contributed by atoms with E-state index in [1.165, 1.54) is 12.1 Å². The van der Waals surface area contributed by atoms with Crippen molar-refractivity contribution < 1.29 is 23.8 Å². The van der Waals surface area contributed by atoms with Gasteiger partial charge in [-0.25, -0.2) is 9.18 Å². The molecule has 4 nitrogen and oxygen atoms in total. The lowest BCUT2D eigenvalue weighted by atomic mass is 10.1. The first-order valence-electron chi connectivity index (χ1n) is 5.41. The van der Waals surface area contributed by atoms with Crippen LogP contribution in [0.5, 0.6) is 5.75 Å². The third-order valence-corrected chi connectivity index (χ3v) is 2.69. The first-order valence-corrected chi connectivity index (χ1v) is 5.41. The topological polar surface area (TPSA) is 55.8 Å². The molecule has 1 aromatic rings. The van der Waals surface area contributed by atoms with E-state index in [1.807, 2.05) is 0 Å². The van der Waals surface area contributed by atoms with Crippen molar-refractivity contribution in [3.05, 3.63) is 29.6 Å². The summed E-state index contributed by atoms with van der Waals surface area (Å²) in [5.74, 6) is -1.78. The number of hydrogen-bond donors (Lipinski definition) is 1. The fourth-order valence-electron chi connectivity index (χ4n) is 1.75. The van der Waals surface area contributed by atoms with Gasteiger partial charge in [-0.15, -0.1) is 0 Å². The van der Waals surface area contributed by atoms with Gasteiger partial charge in [-0.1, -0.05) is 6.07 Å². The zero-order valence-corrected chi connectivity index (χ0v) is 9.19. The smallest absolute Gasteiger partial charge is 0.342 e. The third-order valence-electron chi connectivity index (χ3n) is 2.69. The van der Waals surface area contributed by atoms with Crippen LogP contribution in [-0.4, -0.2) is 30.9 Å². The lowest BCUT2D eigenvalue weighted by Gasteiger charge is -2.12. The molecule has 0 saturated carbocycles. The number of hydrogen-bond acceptors (Lipinski definition) is 3. The second kappa shape index (κ2) is 5.14. The number of rotatable bonds is 4. The molecule has 0 spiro atoms. The molecule has 1 aliphatic heterocycles. The van der Waals surface area contributed by atoms with Crippen molar-refractivity contribution in [2.45, 2.75) is 6.42 Å². The minimum Gasteiger partial charge on any atom is -0.492 e. The molecular formula is C12H13FO4. The van der Waals surface area contributed by atoms with E-state index < -0.39 is 17.3 Å². The van der Waals surface area contributed by atoms with E-state index in [1.54, 1.807) is 0 Å². The van der Waals surface area contributed by atoms with Crippen LogP contribution in [0.4, 0.5) is 4.39 Å². The van der Waals surface area contributed by atoms with E-state index in [4.69, 9.17) is 14.6 Å². The summed E-state index contributed by atoms with van der Waals surface area (Å²) in [4.78, 5) is 10.9. The zero-order chi connectivity index (χ0) is 12.3. The maximum Gasteiger partial charge on any atom is 0.342 e. The molecule has 1 aliphatic rings. The van der Waals surface area contributed by atoms with Crippen LogP contribution in [0.3, 0.4) is 0 Å². The Morgan fingerprint density at radius 1 is 1.59 bits per heavy atom. The Labute approximate surface area is 98.0 Å². The molecule has 0 aliphatic carbocycles. The second-order valence-corrected chi connectivity index (χ2v) is 3.96. The minimum absolute atomic E-state index is 0.0735. The quantitative estimate of drug-likeness (QED) is 0.873. The lowest BCUT2D eigenvalue weighted by Crippen LogP contribution is -2.14. The average molecular weight is 240 g/mol. The summed E-state index contributed by atoms with van der Waals surface area (Å²) < 4.78 is 23.9. The Morgan fingerprint density at radius 2 is 2.41 bits per heavy atom. The molecule has 1 atom stereocenters. The predicted molar refractivity (Wildman–Crippen MR) is 57.8 cm³/mol. The number of aromatic carboxylic acids is 1. The maximum atomic E-state index is 13.3. The molecule has 1 saturated heterocycles. The van der Waals surface area contributed by atoms with Crippen LogP contribution >= 0.6 is 0 Å². The van der Waals surface area contributed by atoms with Gasteiger partial charge in [0.05, 0.1) is 13.2 Å². The summed E-state index contributed by atoms with van der Waals surface area (Å²) in [6.45, 7) is 1.66. The highest BCUT2D eigenvalue weighted by molar-refractivity contribution is 5.91. The van der Waals surface area contributed by atoms with Crippen molar-refractivity contribution in [3.63, 3.8) is 0 Å². The largest absolute Gasteiger partial charge is 0.492 e. The second-order valence-electron chi connectivity index (χ2n) is 3.96. The Morgan fingerprint density at radius 3 is 3.06 bits per heavy atom. The molecule has 1 unspecified atom stereocenters. The van der Waals surface area contributed by atoms with Crippen LogP contribution in [0.1, 0.15) is 16.8 Å². The summed E-state index contributed by atoms with van der Waals surface area (Å²) in [5.41, 5.74) is -0.411. The normalized spacial score (nSPS) is 19.2. The summed E-state index contributed by atoms with van der Waals surface area (Å²) in [6.07, 6.45) is 0.887. The van der Waals surface area contributed by atoms with Gasteiger partial charge in [-0.3, -0.25) is 0 Å². The van der Waals surface area contributed by atoms with Crippen molar-refractivity contribution in [1.82, 2.24) is 0 Å². The molecule has 1 N–H and O–H groups in total. The van der Waals surface area contributed by atoms with Gasteiger partial charge in [0.1, 0.15) is 17.1 Å². The molecule has 1 heterocycles. The van der Waals surface area contributed by atoms with Gasteiger partial charge in [0.15, 0.2) is 0 Å². The summed E-state index contributed by atoms with van der Waals surface area (Å²) >= 11 is 0. The fraction of sp³-hybridized carbons (Fsp3) is 0.417. The van der Waals surface area contributed by atoms with Gasteiger partial charge < -0.3 is 14.6 Å². The summed E-state index contributed by atoms with van der Waals surface area (Å²) in [6, 6.07) is 4.00. The first kappa shape index (κ1) is 11.9. The number of carbonyl (C=O) groups is 1. The molecular weight excluding hydrogens is 227 g/mol. The van der Waals surface area contributed by atoms with Gasteiger partial charge >= 0.3 is 5.97 Å². The molecule has 1 aromatic carbocycles. The van der Waals surface area contributed by atoms with Gasteiger partial charge in [0.2, 0.25) is 0 Å². The van der Waals surface area contributed by atoms with Crippen molar-refractivity contribution in [1.29, 1.82) is 0 Å². The highest BCUT2D eigenvalue weighted by Crippen LogP contribution is 2.23. The van der Waals surface area contributed by atoms with E-state index >= 15 is 0 Å². The highest BCUT2D eigenvalue weighted by Gasteiger charge is 2.20. The van der Waals surface area contributed by atoms with Gasteiger partial charge in [0.25, 0.3) is 0 Å². The molecule has 0 aromatic heterocycles. The molecule has 0 bridgehead atoms. The average Bonchev–Trinajstić information content (AvgIpc) is 2.78. The van der Waals surface area contributed by atoms with Gasteiger partial charge in [-0.05, 0) is 18.6 Å². The van der Waals surface area contributed by atoms with E-state index in [-0.39, 0.29) is 11.7 Å². The van der Waals surface area contributed by atoms with Crippen LogP contribution in [0, 0.1) is 11.7 Å². The van der Waals surface area contributed by atoms with Crippen molar-refractivity contribution >= 4 is 5.97 Å². The maximum absolute atomic E-state index is 13.3. The van der Waals surface area contributed by atoms with Crippen LogP contribution < -0.4 is 4.74 Å². The summed E-state index contributed by atoms with van der Waals surface area (Å²) in [7, 11) is 0. The van der Waals surface area contributed by atoms with E-state index in [9.17, 15) is 9.18 Å². The van der Waals surface area contributed by atoms with E-state index in [0.717, 1.165) is 12.5 Å². The van der Waals surface area contributed by atoms with Crippen LogP contribution in [-0.2, 0) is 4.74 Å². The SMILES string of the molecule is O=C(O)c1c(F)cccc1OCC1CCOC1. The third kappa shape index (κ3) is 2.74. The lowest BCUT2D eigenvalue weighted by molar-refractivity contribution is 0.0685.